The van der Waals surface area contributed by atoms with E-state index in [-0.39, 0.29) is 31.4 Å². The molecule has 4 rings (SSSR count). The van der Waals surface area contributed by atoms with Crippen LogP contribution in [0.1, 0.15) is 49.8 Å². The van der Waals surface area contributed by atoms with Crippen LogP contribution in [0, 0.1) is 5.92 Å². The molecule has 0 unspecified atom stereocenters. The van der Waals surface area contributed by atoms with Crippen molar-refractivity contribution in [2.45, 2.75) is 77.4 Å². The summed E-state index contributed by atoms with van der Waals surface area (Å²) in [5.74, 6) is -0.255. The fourth-order valence-electron chi connectivity index (χ4n) is 5.28. The largest absolute Gasteiger partial charge is 0.470 e. The SMILES string of the molecule is CCOc1nc(CN(C)C(=O)N[C@H](C(=O)N[C@@H](Cc2ccccc2)C[C@H](O)[C@H](Cc2ccccc2)NC(=O)OCc2ccno2)C(C)C)cs1. The molecule has 13 nitrogen and oxygen atoms in total. The van der Waals surface area contributed by atoms with Gasteiger partial charge in [-0.25, -0.2) is 14.6 Å². The monoisotopic (exact) mass is 706 g/mol. The lowest BCUT2D eigenvalue weighted by Gasteiger charge is -2.30. The van der Waals surface area contributed by atoms with Crippen LogP contribution in [0.5, 0.6) is 5.19 Å². The van der Waals surface area contributed by atoms with Crippen molar-refractivity contribution >= 4 is 29.4 Å². The van der Waals surface area contributed by atoms with Gasteiger partial charge < -0.3 is 40.0 Å². The van der Waals surface area contributed by atoms with Gasteiger partial charge in [0.05, 0.1) is 37.2 Å². The van der Waals surface area contributed by atoms with Gasteiger partial charge in [0.25, 0.3) is 5.19 Å². The molecule has 0 bridgehead atoms. The Labute approximate surface area is 296 Å². The zero-order valence-electron chi connectivity index (χ0n) is 28.8. The third-order valence-corrected chi connectivity index (χ3v) is 8.67. The van der Waals surface area contributed by atoms with Crippen LogP contribution in [0.2, 0.25) is 0 Å². The van der Waals surface area contributed by atoms with Crippen molar-refractivity contribution in [3.63, 3.8) is 0 Å². The first-order valence-electron chi connectivity index (χ1n) is 16.6. The molecule has 0 saturated heterocycles. The summed E-state index contributed by atoms with van der Waals surface area (Å²) in [4.78, 5) is 45.7. The van der Waals surface area contributed by atoms with Gasteiger partial charge >= 0.3 is 12.1 Å². The number of aromatic nitrogens is 2. The Morgan fingerprint density at radius 1 is 0.960 bits per heavy atom. The van der Waals surface area contributed by atoms with Gasteiger partial charge in [-0.1, -0.05) is 91.0 Å². The highest BCUT2D eigenvalue weighted by Crippen LogP contribution is 2.19. The van der Waals surface area contributed by atoms with E-state index in [1.165, 1.54) is 22.4 Å². The fraction of sp³-hybridized carbons (Fsp3) is 0.417. The minimum absolute atomic E-state index is 0.102. The second kappa shape index (κ2) is 19.3. The molecule has 14 heteroatoms. The molecule has 4 N–H and O–H groups in total. The number of urea groups is 1. The van der Waals surface area contributed by atoms with Gasteiger partial charge in [0.15, 0.2) is 12.4 Å². The van der Waals surface area contributed by atoms with E-state index >= 15 is 0 Å². The maximum absolute atomic E-state index is 13.8. The third-order valence-electron chi connectivity index (χ3n) is 7.87. The first-order valence-corrected chi connectivity index (χ1v) is 17.5. The van der Waals surface area contributed by atoms with Gasteiger partial charge in [-0.05, 0) is 43.2 Å². The second-order valence-corrected chi connectivity index (χ2v) is 13.1. The predicted molar refractivity (Wildman–Crippen MR) is 188 cm³/mol. The summed E-state index contributed by atoms with van der Waals surface area (Å²) >= 11 is 1.36. The van der Waals surface area contributed by atoms with Gasteiger partial charge in [-0.3, -0.25) is 4.79 Å². The van der Waals surface area contributed by atoms with Gasteiger partial charge in [-0.15, -0.1) is 0 Å². The summed E-state index contributed by atoms with van der Waals surface area (Å²) in [6.07, 6.45) is 0.457. The number of aliphatic hydroxyl groups is 1. The molecule has 0 aliphatic heterocycles. The zero-order valence-corrected chi connectivity index (χ0v) is 29.6. The lowest BCUT2D eigenvalue weighted by atomic mass is 9.93. The lowest BCUT2D eigenvalue weighted by Crippen LogP contribution is -2.55. The number of aliphatic hydroxyl groups excluding tert-OH is 1. The van der Waals surface area contributed by atoms with Crippen LogP contribution in [-0.2, 0) is 35.5 Å². The standard InChI is InChI=1S/C36H46N6O7S/c1-5-47-36-39-28(23-50-36)21-42(4)34(45)41-32(24(2)3)33(44)38-27(18-25-12-8-6-9-13-25)20-31(43)30(19-26-14-10-7-11-15-26)40-35(46)48-22-29-16-17-37-49-29/h6-17,23-24,27,30-32,43H,5,18-22H2,1-4H3,(H,38,44)(H,40,46)(H,41,45)/t27-,30-,31-,32-/m0/s1. The zero-order chi connectivity index (χ0) is 35.9. The van der Waals surface area contributed by atoms with Crippen molar-refractivity contribution in [3.05, 3.63) is 101 Å². The molecule has 2 aromatic heterocycles. The molecule has 0 saturated carbocycles. The molecule has 268 valence electrons. The maximum Gasteiger partial charge on any atom is 0.407 e. The van der Waals surface area contributed by atoms with E-state index in [2.05, 4.69) is 26.1 Å². The minimum Gasteiger partial charge on any atom is -0.470 e. The summed E-state index contributed by atoms with van der Waals surface area (Å²) in [6.45, 7) is 6.19. The minimum atomic E-state index is -1.08. The topological polar surface area (TPSA) is 168 Å². The molecule has 4 aromatic rings. The number of ether oxygens (including phenoxy) is 2. The van der Waals surface area contributed by atoms with E-state index < -0.39 is 36.4 Å². The Bertz CT molecular complexity index is 1600. The number of thiazole rings is 1. The van der Waals surface area contributed by atoms with Crippen molar-refractivity contribution in [3.8, 4) is 5.19 Å². The molecule has 4 amide bonds. The molecule has 0 radical (unpaired) electrons. The van der Waals surface area contributed by atoms with Crippen molar-refractivity contribution in [1.82, 2.24) is 31.0 Å². The molecule has 0 aliphatic rings. The Morgan fingerprint density at radius 3 is 2.26 bits per heavy atom. The van der Waals surface area contributed by atoms with Crippen molar-refractivity contribution in [2.75, 3.05) is 13.7 Å². The number of hydrogen-bond donors (Lipinski definition) is 4. The smallest absolute Gasteiger partial charge is 0.407 e. The number of carbonyl (C=O) groups is 3. The molecule has 50 heavy (non-hydrogen) atoms. The fourth-order valence-corrected chi connectivity index (χ4v) is 6.00. The Balaban J connectivity index is 1.46. The lowest BCUT2D eigenvalue weighted by molar-refractivity contribution is -0.124. The number of nitrogens with zero attached hydrogens (tertiary/aromatic N) is 3. The molecule has 4 atom stereocenters. The number of amides is 4. The van der Waals surface area contributed by atoms with Gasteiger partial charge in [0, 0.05) is 24.5 Å². The van der Waals surface area contributed by atoms with Crippen LogP contribution in [0.3, 0.4) is 0 Å². The van der Waals surface area contributed by atoms with Crippen LogP contribution >= 0.6 is 11.3 Å². The van der Waals surface area contributed by atoms with Crippen LogP contribution in [-0.4, -0.2) is 76.1 Å². The number of rotatable bonds is 18. The molecule has 0 aliphatic carbocycles. The van der Waals surface area contributed by atoms with Crippen LogP contribution in [0.4, 0.5) is 9.59 Å². The van der Waals surface area contributed by atoms with E-state index in [4.69, 9.17) is 14.0 Å². The van der Waals surface area contributed by atoms with E-state index in [0.717, 1.165) is 11.1 Å². The van der Waals surface area contributed by atoms with Gasteiger partial charge in [0.1, 0.15) is 6.04 Å². The van der Waals surface area contributed by atoms with E-state index in [1.54, 1.807) is 13.1 Å². The molecule has 2 heterocycles. The summed E-state index contributed by atoms with van der Waals surface area (Å²) in [5, 5.41) is 26.4. The summed E-state index contributed by atoms with van der Waals surface area (Å²) in [6, 6.07) is 18.1. The Hall–Kier alpha value is -4.95. The molecule has 0 spiro atoms. The van der Waals surface area contributed by atoms with Crippen molar-refractivity contribution in [1.29, 1.82) is 0 Å². The van der Waals surface area contributed by atoms with Crippen molar-refractivity contribution < 1.29 is 33.5 Å². The average molecular weight is 707 g/mol. The summed E-state index contributed by atoms with van der Waals surface area (Å²) in [5.41, 5.74) is 2.52. The number of hydrogen-bond acceptors (Lipinski definition) is 10. The predicted octanol–water partition coefficient (Wildman–Crippen LogP) is 4.71. The first-order chi connectivity index (χ1) is 24.1. The van der Waals surface area contributed by atoms with E-state index in [9.17, 15) is 19.5 Å². The number of carbonyl (C=O) groups excluding carboxylic acids is 3. The van der Waals surface area contributed by atoms with Crippen LogP contribution < -0.4 is 20.7 Å². The summed E-state index contributed by atoms with van der Waals surface area (Å²) < 4.78 is 15.8. The third kappa shape index (κ3) is 12.2. The maximum atomic E-state index is 13.8. The molecule has 2 aromatic carbocycles. The Morgan fingerprint density at radius 2 is 1.64 bits per heavy atom. The molecular weight excluding hydrogens is 660 g/mol. The van der Waals surface area contributed by atoms with Gasteiger partial charge in [0.2, 0.25) is 5.91 Å². The Kier molecular flexibility index (Phi) is 14.6. The van der Waals surface area contributed by atoms with E-state index in [1.807, 2.05) is 86.8 Å². The molecule has 0 fully saturated rings. The normalized spacial score (nSPS) is 13.5. The number of benzene rings is 2. The van der Waals surface area contributed by atoms with Gasteiger partial charge in [-0.2, -0.15) is 0 Å². The molecular formula is C36H46N6O7S. The van der Waals surface area contributed by atoms with Crippen LogP contribution in [0.25, 0.3) is 0 Å². The highest BCUT2D eigenvalue weighted by atomic mass is 32.1. The second-order valence-electron chi connectivity index (χ2n) is 12.3. The highest BCUT2D eigenvalue weighted by Gasteiger charge is 2.31. The summed E-state index contributed by atoms with van der Waals surface area (Å²) in [7, 11) is 1.63. The van der Waals surface area contributed by atoms with Crippen LogP contribution in [0.15, 0.2) is 82.8 Å². The number of alkyl carbamates (subject to hydrolysis) is 1. The van der Waals surface area contributed by atoms with Crippen molar-refractivity contribution in [2.24, 2.45) is 5.92 Å². The van der Waals surface area contributed by atoms with E-state index in [0.29, 0.717) is 36.1 Å². The highest BCUT2D eigenvalue weighted by molar-refractivity contribution is 7.11. The number of nitrogens with one attached hydrogen (secondary N) is 3. The first kappa shape index (κ1) is 37.9. The quantitative estimate of drug-likeness (QED) is 0.115. The average Bonchev–Trinajstić information content (AvgIpc) is 3.79.